The Labute approximate surface area is 162 Å². The molecule has 0 aliphatic carbocycles. The van der Waals surface area contributed by atoms with E-state index in [9.17, 15) is 28.1 Å². The number of non-ortho nitro benzene ring substituents is 1. The number of halogens is 4. The van der Waals surface area contributed by atoms with Crippen molar-refractivity contribution in [2.45, 2.75) is 25.6 Å². The van der Waals surface area contributed by atoms with Gasteiger partial charge in [-0.05, 0) is 43.2 Å². The summed E-state index contributed by atoms with van der Waals surface area (Å²) in [5.74, 6) is -2.08. The quantitative estimate of drug-likeness (QED) is 0.545. The van der Waals surface area contributed by atoms with Gasteiger partial charge in [-0.2, -0.15) is 18.3 Å². The molecule has 1 amide bonds. The van der Waals surface area contributed by atoms with Gasteiger partial charge in [0.25, 0.3) is 5.69 Å². The molecule has 0 spiro atoms. The summed E-state index contributed by atoms with van der Waals surface area (Å²) in [6.45, 7) is 1.46. The molecule has 0 saturated heterocycles. The molecule has 3 rings (SSSR count). The van der Waals surface area contributed by atoms with Gasteiger partial charge in [-0.3, -0.25) is 14.9 Å². The Balaban J connectivity index is 2.19. The zero-order valence-electron chi connectivity index (χ0n) is 14.4. The first kappa shape index (κ1) is 19.8. The van der Waals surface area contributed by atoms with E-state index in [1.165, 1.54) is 31.2 Å². The number of nitro benzene ring substituents is 1. The minimum Gasteiger partial charge on any atom is -0.262 e. The van der Waals surface area contributed by atoms with Crippen molar-refractivity contribution < 1.29 is 22.9 Å². The smallest absolute Gasteiger partial charge is 0.262 e. The molecule has 1 atom stereocenters. The van der Waals surface area contributed by atoms with Crippen molar-refractivity contribution in [3.63, 3.8) is 0 Å². The third-order valence-electron chi connectivity index (χ3n) is 4.27. The summed E-state index contributed by atoms with van der Waals surface area (Å²) in [7, 11) is 0. The van der Waals surface area contributed by atoms with Crippen LogP contribution in [-0.4, -0.2) is 33.8 Å². The lowest BCUT2D eigenvalue weighted by Gasteiger charge is -2.24. The van der Waals surface area contributed by atoms with Crippen LogP contribution >= 0.6 is 11.6 Å². The number of hydrazone groups is 1. The molecule has 0 saturated carbocycles. The number of fused-ring (bicyclic) bond motifs is 1. The molecule has 1 unspecified atom stereocenters. The van der Waals surface area contributed by atoms with Crippen LogP contribution in [0.5, 0.6) is 0 Å². The molecule has 0 fully saturated rings. The number of carbonyl (C=O) groups excluding carboxylic acids is 1. The first-order chi connectivity index (χ1) is 13.1. The average Bonchev–Trinajstić information content (AvgIpc) is 2.76. The van der Waals surface area contributed by atoms with Crippen LogP contribution < -0.4 is 0 Å². The van der Waals surface area contributed by atoms with E-state index < -0.39 is 23.0 Å². The van der Waals surface area contributed by atoms with Gasteiger partial charge in [0.15, 0.2) is 0 Å². The summed E-state index contributed by atoms with van der Waals surface area (Å²) in [5.41, 5.74) is 1.34. The van der Waals surface area contributed by atoms with E-state index in [0.717, 1.165) is 0 Å². The Morgan fingerprint density at radius 1 is 1.25 bits per heavy atom. The van der Waals surface area contributed by atoms with Gasteiger partial charge in [-0.25, -0.2) is 5.01 Å². The van der Waals surface area contributed by atoms with Gasteiger partial charge in [0, 0.05) is 28.3 Å². The fraction of sp³-hybridized carbons (Fsp3) is 0.222. The van der Waals surface area contributed by atoms with E-state index >= 15 is 0 Å². The number of alkyl halides is 3. The minimum absolute atomic E-state index is 0.0781. The molecular weight excluding hydrogens is 399 g/mol. The molecule has 0 bridgehead atoms. The fourth-order valence-corrected chi connectivity index (χ4v) is 3.11. The van der Waals surface area contributed by atoms with Crippen molar-refractivity contribution in [2.24, 2.45) is 5.10 Å². The summed E-state index contributed by atoms with van der Waals surface area (Å²) in [6.07, 6.45) is -4.96. The topological polar surface area (TPSA) is 75.8 Å². The van der Waals surface area contributed by atoms with Crippen LogP contribution in [0.4, 0.5) is 18.9 Å². The van der Waals surface area contributed by atoms with Crippen molar-refractivity contribution >= 4 is 28.9 Å². The van der Waals surface area contributed by atoms with Crippen LogP contribution in [0.1, 0.15) is 23.6 Å². The first-order valence-corrected chi connectivity index (χ1v) is 8.48. The highest BCUT2D eigenvalue weighted by Crippen LogP contribution is 2.29. The van der Waals surface area contributed by atoms with E-state index in [-0.39, 0.29) is 17.8 Å². The Hall–Kier alpha value is -2.94. The molecule has 146 valence electrons. The van der Waals surface area contributed by atoms with E-state index in [1.807, 2.05) is 0 Å². The van der Waals surface area contributed by atoms with E-state index in [2.05, 4.69) is 5.10 Å². The minimum atomic E-state index is -5.09. The lowest BCUT2D eigenvalue weighted by atomic mass is 9.94. The second kappa shape index (κ2) is 7.23. The summed E-state index contributed by atoms with van der Waals surface area (Å²) in [5, 5.41) is 15.6. The molecular formula is C18H13ClF3N3O3. The Bertz CT molecular complexity index is 974. The van der Waals surface area contributed by atoms with E-state index in [1.54, 1.807) is 18.2 Å². The maximum absolute atomic E-state index is 13.0. The molecule has 0 aromatic heterocycles. The van der Waals surface area contributed by atoms with Gasteiger partial charge in [-0.1, -0.05) is 17.7 Å². The lowest BCUT2D eigenvalue weighted by Crippen LogP contribution is -2.43. The van der Waals surface area contributed by atoms with Gasteiger partial charge >= 0.3 is 12.1 Å². The normalized spacial score (nSPS) is 16.8. The molecule has 28 heavy (non-hydrogen) atoms. The highest BCUT2D eigenvalue weighted by Gasteiger charge is 2.45. The number of hydrogen-bond donors (Lipinski definition) is 0. The standard InChI is InChI=1S/C18H13ClF3N3O3/c1-10-8-12-2-5-13(19)9-15(12)16(23-24(10)17(26)18(20,21)22)11-3-6-14(7-4-11)25(27)28/h2-7,9-10H,8H2,1H3. The average molecular weight is 412 g/mol. The second-order valence-corrected chi connectivity index (χ2v) is 6.69. The lowest BCUT2D eigenvalue weighted by molar-refractivity contribution is -0.384. The number of nitro groups is 1. The largest absolute Gasteiger partial charge is 0.473 e. The zero-order valence-corrected chi connectivity index (χ0v) is 15.2. The van der Waals surface area contributed by atoms with Gasteiger partial charge in [0.05, 0.1) is 16.7 Å². The van der Waals surface area contributed by atoms with Crippen molar-refractivity contribution in [1.29, 1.82) is 0 Å². The number of rotatable bonds is 2. The summed E-state index contributed by atoms with van der Waals surface area (Å²) in [4.78, 5) is 22.2. The van der Waals surface area contributed by atoms with E-state index in [4.69, 9.17) is 11.6 Å². The van der Waals surface area contributed by atoms with Crippen molar-refractivity contribution in [1.82, 2.24) is 5.01 Å². The van der Waals surface area contributed by atoms with Crippen molar-refractivity contribution in [3.05, 3.63) is 74.3 Å². The maximum atomic E-state index is 13.0. The highest BCUT2D eigenvalue weighted by molar-refractivity contribution is 6.31. The van der Waals surface area contributed by atoms with Crippen LogP contribution in [-0.2, 0) is 11.2 Å². The van der Waals surface area contributed by atoms with Crippen LogP contribution in [0.3, 0.4) is 0 Å². The third-order valence-corrected chi connectivity index (χ3v) is 4.50. The molecule has 2 aromatic carbocycles. The highest BCUT2D eigenvalue weighted by atomic mass is 35.5. The second-order valence-electron chi connectivity index (χ2n) is 6.25. The molecule has 0 N–H and O–H groups in total. The number of nitrogens with zero attached hydrogens (tertiary/aromatic N) is 3. The van der Waals surface area contributed by atoms with Gasteiger partial charge in [0.2, 0.25) is 0 Å². The van der Waals surface area contributed by atoms with Crippen molar-refractivity contribution in [2.75, 3.05) is 0 Å². The van der Waals surface area contributed by atoms with Crippen molar-refractivity contribution in [3.8, 4) is 0 Å². The van der Waals surface area contributed by atoms with Gasteiger partial charge in [-0.15, -0.1) is 0 Å². The Kier molecular flexibility index (Phi) is 5.12. The Morgan fingerprint density at radius 2 is 1.89 bits per heavy atom. The number of carbonyl (C=O) groups is 1. The summed E-state index contributed by atoms with van der Waals surface area (Å²) in [6, 6.07) is 9.12. The molecule has 6 nitrogen and oxygen atoms in total. The van der Waals surface area contributed by atoms with Gasteiger partial charge < -0.3 is 0 Å². The van der Waals surface area contributed by atoms with E-state index in [0.29, 0.717) is 26.7 Å². The van der Waals surface area contributed by atoms with Crippen LogP contribution in [0.15, 0.2) is 47.6 Å². The maximum Gasteiger partial charge on any atom is 0.473 e. The molecule has 0 radical (unpaired) electrons. The molecule has 1 aliphatic rings. The predicted molar refractivity (Wildman–Crippen MR) is 96.3 cm³/mol. The monoisotopic (exact) mass is 411 g/mol. The van der Waals surface area contributed by atoms with Gasteiger partial charge in [0.1, 0.15) is 0 Å². The Morgan fingerprint density at radius 3 is 2.46 bits per heavy atom. The fourth-order valence-electron chi connectivity index (χ4n) is 2.94. The molecule has 2 aromatic rings. The number of hydrogen-bond acceptors (Lipinski definition) is 4. The summed E-state index contributed by atoms with van der Waals surface area (Å²) >= 11 is 6.05. The number of amides is 1. The van der Waals surface area contributed by atoms with Crippen LogP contribution in [0, 0.1) is 10.1 Å². The summed E-state index contributed by atoms with van der Waals surface area (Å²) < 4.78 is 39.1. The predicted octanol–water partition coefficient (Wildman–Crippen LogP) is 4.34. The first-order valence-electron chi connectivity index (χ1n) is 8.10. The number of benzene rings is 2. The van der Waals surface area contributed by atoms with Crippen LogP contribution in [0.2, 0.25) is 5.02 Å². The molecule has 1 aliphatic heterocycles. The SMILES string of the molecule is CC1Cc2ccc(Cl)cc2C(c2ccc([N+](=O)[O-])cc2)=NN1C(=O)C(F)(F)F. The molecule has 1 heterocycles. The zero-order chi connectivity index (χ0) is 20.6. The molecule has 10 heteroatoms. The third kappa shape index (κ3) is 3.84. The van der Waals surface area contributed by atoms with Crippen LogP contribution in [0.25, 0.3) is 0 Å².